The van der Waals surface area contributed by atoms with E-state index in [0.29, 0.717) is 11.8 Å². The lowest BCUT2D eigenvalue weighted by molar-refractivity contribution is -0.135. The standard InChI is InChI=1S/C25H38O4/c1-18(11-7-13-21(24(28)29)17-23(26)27)9-6-10-19(2)14-15-22-20(3)12-8-16-25(22,4)5/h10-11,17H,6-9,12-16H2,1-5H3,(H,26,27)(H,28,29)/b18-11+,19-10?,21-17-. The highest BCUT2D eigenvalue weighted by Crippen LogP contribution is 2.42. The molecule has 1 aliphatic carbocycles. The number of carbonyl (C=O) groups is 2. The third-order valence-corrected chi connectivity index (χ3v) is 5.97. The summed E-state index contributed by atoms with van der Waals surface area (Å²) >= 11 is 0. The molecule has 0 saturated carbocycles. The monoisotopic (exact) mass is 402 g/mol. The van der Waals surface area contributed by atoms with E-state index in [1.807, 2.05) is 13.0 Å². The van der Waals surface area contributed by atoms with Gasteiger partial charge in [0.25, 0.3) is 0 Å². The lowest BCUT2D eigenvalue weighted by atomic mass is 9.71. The molecule has 0 radical (unpaired) electrons. The van der Waals surface area contributed by atoms with Crippen LogP contribution >= 0.6 is 0 Å². The SMILES string of the molecule is CC(=CCC/C(C)=C/CC/C(=C/C(=O)O)C(=O)O)CCC1=C(C)CCCC1(C)C. The molecule has 1 aliphatic rings. The molecule has 0 bridgehead atoms. The van der Waals surface area contributed by atoms with Crippen molar-refractivity contribution < 1.29 is 19.8 Å². The van der Waals surface area contributed by atoms with Gasteiger partial charge in [-0.25, -0.2) is 9.59 Å². The lowest BCUT2D eigenvalue weighted by Gasteiger charge is -2.35. The highest BCUT2D eigenvalue weighted by molar-refractivity contribution is 5.94. The zero-order valence-corrected chi connectivity index (χ0v) is 18.8. The van der Waals surface area contributed by atoms with Crippen molar-refractivity contribution in [2.24, 2.45) is 5.41 Å². The number of aliphatic carboxylic acids is 2. The Morgan fingerprint density at radius 3 is 2.14 bits per heavy atom. The van der Waals surface area contributed by atoms with Crippen LogP contribution in [0.3, 0.4) is 0 Å². The first kappa shape index (κ1) is 24.9. The smallest absolute Gasteiger partial charge is 0.331 e. The predicted octanol–water partition coefficient (Wildman–Crippen LogP) is 6.84. The van der Waals surface area contributed by atoms with Gasteiger partial charge in [0.1, 0.15) is 0 Å². The van der Waals surface area contributed by atoms with Crippen LogP contribution < -0.4 is 0 Å². The second-order valence-electron chi connectivity index (χ2n) is 8.99. The summed E-state index contributed by atoms with van der Waals surface area (Å²) in [4.78, 5) is 21.7. The summed E-state index contributed by atoms with van der Waals surface area (Å²) in [5.74, 6) is -2.38. The molecule has 0 fully saturated rings. The molecule has 0 aromatic rings. The first-order valence-electron chi connectivity index (χ1n) is 10.7. The first-order valence-corrected chi connectivity index (χ1v) is 10.7. The predicted molar refractivity (Wildman–Crippen MR) is 119 cm³/mol. The largest absolute Gasteiger partial charge is 0.478 e. The van der Waals surface area contributed by atoms with Crippen molar-refractivity contribution >= 4 is 11.9 Å². The summed E-state index contributed by atoms with van der Waals surface area (Å²) < 4.78 is 0. The Hall–Kier alpha value is -2.10. The molecule has 4 nitrogen and oxygen atoms in total. The second-order valence-corrected chi connectivity index (χ2v) is 8.99. The average Bonchev–Trinajstić information content (AvgIpc) is 2.59. The van der Waals surface area contributed by atoms with Crippen molar-refractivity contribution in [3.63, 3.8) is 0 Å². The van der Waals surface area contributed by atoms with Gasteiger partial charge in [-0.1, -0.05) is 48.3 Å². The molecule has 2 N–H and O–H groups in total. The molecule has 0 atom stereocenters. The summed E-state index contributed by atoms with van der Waals surface area (Å²) in [5, 5.41) is 17.7. The number of allylic oxidation sites excluding steroid dienone is 6. The highest BCUT2D eigenvalue weighted by atomic mass is 16.4. The Morgan fingerprint density at radius 2 is 1.59 bits per heavy atom. The first-order chi connectivity index (χ1) is 13.5. The highest BCUT2D eigenvalue weighted by Gasteiger charge is 2.27. The molecule has 0 heterocycles. The fourth-order valence-corrected chi connectivity index (χ4v) is 4.16. The molecule has 0 aromatic heterocycles. The number of rotatable bonds is 11. The zero-order valence-electron chi connectivity index (χ0n) is 18.8. The maximum atomic E-state index is 11.0. The van der Waals surface area contributed by atoms with Crippen molar-refractivity contribution in [1.82, 2.24) is 0 Å². The number of hydrogen-bond acceptors (Lipinski definition) is 2. The molecule has 0 aliphatic heterocycles. The van der Waals surface area contributed by atoms with Crippen LogP contribution in [-0.2, 0) is 9.59 Å². The number of hydrogen-bond donors (Lipinski definition) is 2. The topological polar surface area (TPSA) is 74.6 Å². The third kappa shape index (κ3) is 9.29. The van der Waals surface area contributed by atoms with Crippen LogP contribution in [-0.4, -0.2) is 22.2 Å². The van der Waals surface area contributed by atoms with Gasteiger partial charge in [-0.15, -0.1) is 0 Å². The van der Waals surface area contributed by atoms with Gasteiger partial charge >= 0.3 is 11.9 Å². The Bertz CT molecular complexity index is 717. The maximum Gasteiger partial charge on any atom is 0.331 e. The van der Waals surface area contributed by atoms with Gasteiger partial charge in [0.05, 0.1) is 0 Å². The minimum atomic E-state index is -1.22. The fourth-order valence-electron chi connectivity index (χ4n) is 4.16. The average molecular weight is 403 g/mol. The Labute approximate surface area is 176 Å². The van der Waals surface area contributed by atoms with Gasteiger partial charge in [-0.2, -0.15) is 0 Å². The van der Waals surface area contributed by atoms with Gasteiger partial charge in [-0.05, 0) is 84.0 Å². The van der Waals surface area contributed by atoms with E-state index in [4.69, 9.17) is 10.2 Å². The molecule has 0 saturated heterocycles. The number of carboxylic acid groups (broad SMARTS) is 2. The van der Waals surface area contributed by atoms with Crippen molar-refractivity contribution in [3.05, 3.63) is 46.1 Å². The quantitative estimate of drug-likeness (QED) is 0.293. The van der Waals surface area contributed by atoms with Gasteiger partial charge in [0, 0.05) is 11.6 Å². The van der Waals surface area contributed by atoms with Gasteiger partial charge in [0.2, 0.25) is 0 Å². The second kappa shape index (κ2) is 11.8. The molecule has 29 heavy (non-hydrogen) atoms. The van der Waals surface area contributed by atoms with Crippen LogP contribution in [0.15, 0.2) is 46.1 Å². The third-order valence-electron chi connectivity index (χ3n) is 5.97. The van der Waals surface area contributed by atoms with Crippen LogP contribution in [0, 0.1) is 5.41 Å². The van der Waals surface area contributed by atoms with Crippen molar-refractivity contribution in [2.45, 2.75) is 92.4 Å². The van der Waals surface area contributed by atoms with Crippen LogP contribution in [0.1, 0.15) is 92.4 Å². The van der Waals surface area contributed by atoms with Crippen LogP contribution in [0.25, 0.3) is 0 Å². The van der Waals surface area contributed by atoms with Crippen LogP contribution in [0.5, 0.6) is 0 Å². The maximum absolute atomic E-state index is 11.0. The molecule has 0 aromatic carbocycles. The Morgan fingerprint density at radius 1 is 1.00 bits per heavy atom. The fraction of sp³-hybridized carbons (Fsp3) is 0.600. The summed E-state index contributed by atoms with van der Waals surface area (Å²) in [7, 11) is 0. The molecule has 4 heteroatoms. The molecule has 162 valence electrons. The van der Waals surface area contributed by atoms with Crippen molar-refractivity contribution in [1.29, 1.82) is 0 Å². The molecular formula is C25H38O4. The normalized spacial score (nSPS) is 18.2. The van der Waals surface area contributed by atoms with Gasteiger partial charge in [0.15, 0.2) is 0 Å². The number of carboxylic acids is 2. The van der Waals surface area contributed by atoms with Crippen LogP contribution in [0.2, 0.25) is 0 Å². The zero-order chi connectivity index (χ0) is 22.0. The van der Waals surface area contributed by atoms with E-state index in [9.17, 15) is 9.59 Å². The van der Waals surface area contributed by atoms with E-state index >= 15 is 0 Å². The van der Waals surface area contributed by atoms with E-state index in [2.05, 4.69) is 33.8 Å². The Balaban J connectivity index is 2.46. The minimum Gasteiger partial charge on any atom is -0.478 e. The molecule has 0 spiro atoms. The molecule has 0 amide bonds. The van der Waals surface area contributed by atoms with E-state index in [1.54, 1.807) is 11.1 Å². The van der Waals surface area contributed by atoms with Crippen molar-refractivity contribution in [3.8, 4) is 0 Å². The summed E-state index contributed by atoms with van der Waals surface area (Å²) in [6.07, 6.45) is 13.9. The van der Waals surface area contributed by atoms with E-state index in [1.165, 1.54) is 30.4 Å². The summed E-state index contributed by atoms with van der Waals surface area (Å²) in [5.41, 5.74) is 6.15. The van der Waals surface area contributed by atoms with E-state index < -0.39 is 11.9 Å². The molecule has 0 unspecified atom stereocenters. The lowest BCUT2D eigenvalue weighted by Crippen LogP contribution is -2.20. The van der Waals surface area contributed by atoms with Gasteiger partial charge in [-0.3, -0.25) is 0 Å². The molecular weight excluding hydrogens is 364 g/mol. The summed E-state index contributed by atoms with van der Waals surface area (Å²) in [6, 6.07) is 0. The van der Waals surface area contributed by atoms with Gasteiger partial charge < -0.3 is 10.2 Å². The summed E-state index contributed by atoms with van der Waals surface area (Å²) in [6.45, 7) is 11.3. The van der Waals surface area contributed by atoms with E-state index in [0.717, 1.165) is 31.8 Å². The van der Waals surface area contributed by atoms with Crippen molar-refractivity contribution in [2.75, 3.05) is 0 Å². The van der Waals surface area contributed by atoms with Crippen LogP contribution in [0.4, 0.5) is 0 Å². The Kier molecular flexibility index (Phi) is 10.1. The van der Waals surface area contributed by atoms with E-state index in [-0.39, 0.29) is 12.0 Å². The minimum absolute atomic E-state index is 0.0625. The molecule has 1 rings (SSSR count).